The van der Waals surface area contributed by atoms with Gasteiger partial charge in [0.1, 0.15) is 29.0 Å². The summed E-state index contributed by atoms with van der Waals surface area (Å²) in [6.45, 7) is 0. The number of carbonyl (C=O) groups excluding carboxylic acids is 2. The van der Waals surface area contributed by atoms with Gasteiger partial charge in [0.2, 0.25) is 11.9 Å². The number of hydrogen-bond acceptors (Lipinski definition) is 7. The van der Waals surface area contributed by atoms with Gasteiger partial charge in [-0.15, -0.1) is 21.5 Å². The minimum Gasteiger partial charge on any atom is -0.349 e. The molecule has 2 amide bonds. The van der Waals surface area contributed by atoms with Crippen molar-refractivity contribution >= 4 is 39.9 Å². The van der Waals surface area contributed by atoms with Crippen molar-refractivity contribution in [2.75, 3.05) is 10.6 Å². The first-order chi connectivity index (χ1) is 18.3. The summed E-state index contributed by atoms with van der Waals surface area (Å²) < 4.78 is 42.7. The predicted octanol–water partition coefficient (Wildman–Crippen LogP) is 4.06. The van der Waals surface area contributed by atoms with Crippen LogP contribution in [0.5, 0.6) is 0 Å². The smallest absolute Gasteiger partial charge is 0.282 e. The van der Waals surface area contributed by atoms with Crippen molar-refractivity contribution in [1.29, 1.82) is 0 Å². The van der Waals surface area contributed by atoms with Crippen LogP contribution < -0.4 is 16.0 Å². The Bertz CT molecular complexity index is 1370. The summed E-state index contributed by atoms with van der Waals surface area (Å²) in [6.07, 6.45) is 2.16. The maximum Gasteiger partial charge on any atom is 0.282 e. The first kappa shape index (κ1) is 24.9. The number of nitrogens with one attached hydrogen (secondary N) is 3. The van der Waals surface area contributed by atoms with Crippen LogP contribution in [-0.4, -0.2) is 48.6 Å². The largest absolute Gasteiger partial charge is 0.349 e. The van der Waals surface area contributed by atoms with Crippen molar-refractivity contribution in [3.05, 3.63) is 34.1 Å². The number of alkyl halides is 3. The lowest BCUT2D eigenvalue weighted by Gasteiger charge is -2.31. The van der Waals surface area contributed by atoms with Gasteiger partial charge in [-0.2, -0.15) is 5.10 Å². The lowest BCUT2D eigenvalue weighted by atomic mass is 9.89. The monoisotopic (exact) mass is 548 g/mol. The van der Waals surface area contributed by atoms with Gasteiger partial charge in [0, 0.05) is 36.0 Å². The second-order valence-corrected chi connectivity index (χ2v) is 11.3. The van der Waals surface area contributed by atoms with E-state index in [2.05, 4.69) is 31.2 Å². The number of aromatic nitrogens is 5. The molecule has 6 rings (SSSR count). The zero-order valence-electron chi connectivity index (χ0n) is 20.6. The van der Waals surface area contributed by atoms with Crippen molar-refractivity contribution in [1.82, 2.24) is 29.9 Å². The van der Waals surface area contributed by atoms with E-state index in [1.807, 2.05) is 4.57 Å². The number of thiophene rings is 1. The Kier molecular flexibility index (Phi) is 6.36. The van der Waals surface area contributed by atoms with Crippen molar-refractivity contribution in [2.45, 2.75) is 69.6 Å². The summed E-state index contributed by atoms with van der Waals surface area (Å²) >= 11 is 1.42. The first-order valence-electron chi connectivity index (χ1n) is 12.7. The molecule has 0 aromatic carbocycles. The highest BCUT2D eigenvalue weighted by molar-refractivity contribution is 7.17. The summed E-state index contributed by atoms with van der Waals surface area (Å²) in [7, 11) is 1.56. The zero-order valence-corrected chi connectivity index (χ0v) is 21.4. The Balaban J connectivity index is 1.26. The van der Waals surface area contributed by atoms with E-state index >= 15 is 0 Å². The summed E-state index contributed by atoms with van der Waals surface area (Å²) in [4.78, 5) is 27.0. The van der Waals surface area contributed by atoms with E-state index in [1.54, 1.807) is 13.4 Å². The van der Waals surface area contributed by atoms with Crippen LogP contribution in [0.4, 0.5) is 29.9 Å². The van der Waals surface area contributed by atoms with E-state index in [9.17, 15) is 22.8 Å². The number of fused-ring (bicyclic) bond motifs is 1. The topological polar surface area (TPSA) is 119 Å². The van der Waals surface area contributed by atoms with E-state index < -0.39 is 12.6 Å². The third-order valence-electron chi connectivity index (χ3n) is 7.39. The fraction of sp³-hybridized carbons (Fsp3) is 0.542. The molecular weight excluding hydrogens is 521 g/mol. The molecular formula is C24H27F3N8O2S. The fourth-order valence-electron chi connectivity index (χ4n) is 5.04. The number of carbonyl (C=O) groups is 2. The predicted molar refractivity (Wildman–Crippen MR) is 134 cm³/mol. The van der Waals surface area contributed by atoms with Crippen LogP contribution in [0.25, 0.3) is 0 Å². The Hall–Kier alpha value is -3.42. The highest BCUT2D eigenvalue weighted by Gasteiger charge is 2.36. The van der Waals surface area contributed by atoms with E-state index in [-0.39, 0.29) is 35.5 Å². The Labute approximate surface area is 220 Å². The molecule has 2 saturated carbocycles. The van der Waals surface area contributed by atoms with Gasteiger partial charge in [-0.25, -0.2) is 13.2 Å². The normalized spacial score (nSPS) is 22.6. The molecule has 3 aromatic heterocycles. The molecule has 3 N–H and O–H groups in total. The Morgan fingerprint density at radius 1 is 1.21 bits per heavy atom. The summed E-state index contributed by atoms with van der Waals surface area (Å²) in [5.41, 5.74) is 0.955. The second kappa shape index (κ2) is 9.71. The minimum absolute atomic E-state index is 0.0139. The molecule has 2 fully saturated rings. The summed E-state index contributed by atoms with van der Waals surface area (Å²) in [5, 5.41) is 21.5. The highest BCUT2D eigenvalue weighted by Crippen LogP contribution is 2.43. The van der Waals surface area contributed by atoms with Gasteiger partial charge in [0.15, 0.2) is 0 Å². The summed E-state index contributed by atoms with van der Waals surface area (Å²) in [6, 6.07) is 0.932. The molecule has 0 bridgehead atoms. The third kappa shape index (κ3) is 4.76. The van der Waals surface area contributed by atoms with Gasteiger partial charge in [-0.05, 0) is 50.5 Å². The molecule has 202 valence electrons. The quantitative estimate of drug-likeness (QED) is 0.391. The average molecular weight is 549 g/mol. The lowest BCUT2D eigenvalue weighted by molar-refractivity contribution is -0.117. The van der Waals surface area contributed by atoms with Crippen LogP contribution >= 0.6 is 11.3 Å². The van der Waals surface area contributed by atoms with Crippen LogP contribution in [0.2, 0.25) is 0 Å². The molecule has 3 aliphatic rings. The third-order valence-corrected chi connectivity index (χ3v) is 8.60. The molecule has 0 aliphatic heterocycles. The lowest BCUT2D eigenvalue weighted by Crippen LogP contribution is -2.45. The van der Waals surface area contributed by atoms with E-state index in [1.165, 1.54) is 22.1 Å². The van der Waals surface area contributed by atoms with Crippen LogP contribution in [0, 0.1) is 5.92 Å². The van der Waals surface area contributed by atoms with E-state index in [4.69, 9.17) is 0 Å². The number of hydrogen-bond donors (Lipinski definition) is 3. The molecule has 0 spiro atoms. The Morgan fingerprint density at radius 3 is 2.68 bits per heavy atom. The van der Waals surface area contributed by atoms with E-state index in [0.29, 0.717) is 48.0 Å². The number of halogens is 3. The van der Waals surface area contributed by atoms with Crippen LogP contribution in [0.15, 0.2) is 12.4 Å². The van der Waals surface area contributed by atoms with Crippen LogP contribution in [-0.2, 0) is 24.7 Å². The molecule has 1 atom stereocenters. The first-order valence-corrected chi connectivity index (χ1v) is 13.5. The van der Waals surface area contributed by atoms with Crippen molar-refractivity contribution < 1.29 is 22.8 Å². The van der Waals surface area contributed by atoms with Crippen LogP contribution in [0.3, 0.4) is 0 Å². The molecule has 0 saturated heterocycles. The molecule has 10 nitrogen and oxygen atoms in total. The molecule has 0 unspecified atom stereocenters. The van der Waals surface area contributed by atoms with Crippen molar-refractivity contribution in [2.24, 2.45) is 13.0 Å². The van der Waals surface area contributed by atoms with Gasteiger partial charge in [0.25, 0.3) is 12.3 Å². The molecule has 0 radical (unpaired) electrons. The molecule has 14 heteroatoms. The number of amides is 2. The second-order valence-electron chi connectivity index (χ2n) is 10.2. The SMILES string of the molecule is Cn1nc(C(F)F)cc1Nc1nncn1[C@H]1CCc2sc(NC(=O)C3CC3)c(C(=O)N[C@H]3C[C@H](F)C3)c2C1. The molecule has 38 heavy (non-hydrogen) atoms. The van der Waals surface area contributed by atoms with Gasteiger partial charge in [-0.1, -0.05) is 0 Å². The molecule has 3 aliphatic carbocycles. The van der Waals surface area contributed by atoms with Gasteiger partial charge >= 0.3 is 0 Å². The maximum atomic E-state index is 13.4. The average Bonchev–Trinajstić information content (AvgIpc) is 3.35. The number of rotatable bonds is 8. The number of anilines is 3. The number of aryl methyl sites for hydroxylation is 2. The zero-order chi connectivity index (χ0) is 26.6. The fourth-order valence-corrected chi connectivity index (χ4v) is 6.29. The summed E-state index contributed by atoms with van der Waals surface area (Å²) in [5.74, 6) is 0.321. The van der Waals surface area contributed by atoms with Gasteiger partial charge in [-0.3, -0.25) is 18.8 Å². The minimum atomic E-state index is -2.69. The molecule has 3 heterocycles. The standard InChI is InChI=1S/C24H27F3N8O2S/c1-34-18(9-16(33-34)20(26)27)30-24-32-28-10-35(24)14-4-5-17-15(8-14)19(22(37)29-13-6-12(25)7-13)23(38-17)31-21(36)11-2-3-11/h9-14,20H,2-8H2,1H3,(H,29,37)(H,30,32)(H,31,36)/t12-,13-,14-/m0/s1. The highest BCUT2D eigenvalue weighted by atomic mass is 32.1. The Morgan fingerprint density at radius 2 is 2.00 bits per heavy atom. The van der Waals surface area contributed by atoms with Crippen molar-refractivity contribution in [3.8, 4) is 0 Å². The van der Waals surface area contributed by atoms with Gasteiger partial charge < -0.3 is 16.0 Å². The number of nitrogens with zero attached hydrogens (tertiary/aromatic N) is 5. The maximum absolute atomic E-state index is 13.4. The molecule has 3 aromatic rings. The van der Waals surface area contributed by atoms with E-state index in [0.717, 1.165) is 29.7 Å². The van der Waals surface area contributed by atoms with Crippen molar-refractivity contribution in [3.63, 3.8) is 0 Å². The van der Waals surface area contributed by atoms with Crippen LogP contribution in [0.1, 0.15) is 71.1 Å². The van der Waals surface area contributed by atoms with Gasteiger partial charge in [0.05, 0.1) is 5.56 Å².